The number of methoxy groups -OCH3 is 1. The van der Waals surface area contributed by atoms with Crippen molar-refractivity contribution >= 4 is 17.7 Å². The van der Waals surface area contributed by atoms with Gasteiger partial charge in [-0.15, -0.1) is 0 Å². The third-order valence-corrected chi connectivity index (χ3v) is 6.09. The lowest BCUT2D eigenvalue weighted by Crippen LogP contribution is -2.30. The molecule has 5 nitrogen and oxygen atoms in total. The minimum Gasteiger partial charge on any atom is -0.495 e. The van der Waals surface area contributed by atoms with Gasteiger partial charge >= 0.3 is 0 Å². The van der Waals surface area contributed by atoms with Crippen molar-refractivity contribution in [2.45, 2.75) is 29.7 Å². The van der Waals surface area contributed by atoms with Crippen molar-refractivity contribution in [3.63, 3.8) is 0 Å². The third-order valence-electron chi connectivity index (χ3n) is 4.86. The number of amides is 1. The molecule has 1 aliphatic heterocycles. The smallest absolute Gasteiger partial charge is 0.233 e. The fraction of sp³-hybridized carbons (Fsp3) is 0.273. The van der Waals surface area contributed by atoms with Crippen molar-refractivity contribution < 1.29 is 9.53 Å². The monoisotopic (exact) mass is 393 g/mol. The highest BCUT2D eigenvalue weighted by Crippen LogP contribution is 2.36. The number of hydrogen-bond acceptors (Lipinski definition) is 4. The first-order valence-electron chi connectivity index (χ1n) is 9.49. The van der Waals surface area contributed by atoms with E-state index >= 15 is 0 Å². The summed E-state index contributed by atoms with van der Waals surface area (Å²) >= 11 is 1.53. The van der Waals surface area contributed by atoms with E-state index in [9.17, 15) is 4.79 Å². The highest BCUT2D eigenvalue weighted by Gasteiger charge is 2.26. The van der Waals surface area contributed by atoms with Gasteiger partial charge in [-0.1, -0.05) is 60.6 Å². The van der Waals surface area contributed by atoms with Crippen LogP contribution in [0.4, 0.5) is 0 Å². The zero-order chi connectivity index (χ0) is 19.3. The fourth-order valence-electron chi connectivity index (χ4n) is 3.43. The minimum absolute atomic E-state index is 0.0957. The topological polar surface area (TPSA) is 56.1 Å². The van der Waals surface area contributed by atoms with Crippen molar-refractivity contribution in [3.05, 3.63) is 60.8 Å². The van der Waals surface area contributed by atoms with Gasteiger partial charge in [0, 0.05) is 12.1 Å². The van der Waals surface area contributed by atoms with Crippen LogP contribution in [-0.2, 0) is 4.79 Å². The van der Waals surface area contributed by atoms with Crippen LogP contribution >= 0.6 is 11.8 Å². The molecule has 0 aliphatic carbocycles. The number of benzene rings is 2. The molecule has 1 fully saturated rings. The van der Waals surface area contributed by atoms with E-state index in [4.69, 9.17) is 9.72 Å². The average molecular weight is 394 g/mol. The van der Waals surface area contributed by atoms with Gasteiger partial charge in [0.1, 0.15) is 5.75 Å². The Morgan fingerprint density at radius 3 is 2.71 bits per heavy atom. The summed E-state index contributed by atoms with van der Waals surface area (Å²) in [5, 5.41) is 3.67. The van der Waals surface area contributed by atoms with E-state index in [0.717, 1.165) is 53.7 Å². The molecular formula is C22H23N3O2S. The molecule has 1 amide bonds. The largest absolute Gasteiger partial charge is 0.495 e. The van der Waals surface area contributed by atoms with Crippen LogP contribution in [0.3, 0.4) is 0 Å². The molecule has 0 spiro atoms. The van der Waals surface area contributed by atoms with Gasteiger partial charge in [-0.25, -0.2) is 4.98 Å². The second kappa shape index (κ2) is 8.52. The summed E-state index contributed by atoms with van der Waals surface area (Å²) < 4.78 is 7.70. The Bertz CT molecular complexity index is 955. The lowest BCUT2D eigenvalue weighted by atomic mass is 10.1. The van der Waals surface area contributed by atoms with Crippen LogP contribution in [0.2, 0.25) is 0 Å². The summed E-state index contributed by atoms with van der Waals surface area (Å²) in [6.45, 7) is 0.756. The molecule has 6 heteroatoms. The van der Waals surface area contributed by atoms with Crippen molar-refractivity contribution in [1.82, 2.24) is 14.9 Å². The molecular weight excluding hydrogens is 370 g/mol. The summed E-state index contributed by atoms with van der Waals surface area (Å²) in [5.74, 6) is 0.864. The Labute approximate surface area is 169 Å². The number of rotatable bonds is 5. The van der Waals surface area contributed by atoms with Crippen LogP contribution in [0.15, 0.2) is 66.0 Å². The van der Waals surface area contributed by atoms with E-state index in [1.54, 1.807) is 7.11 Å². The maximum Gasteiger partial charge on any atom is 0.233 e. The molecule has 3 aromatic rings. The third kappa shape index (κ3) is 3.78. The molecule has 1 N–H and O–H groups in total. The molecule has 1 aromatic heterocycles. The number of carbonyl (C=O) groups is 1. The lowest BCUT2D eigenvalue weighted by molar-refractivity contribution is -0.120. The van der Waals surface area contributed by atoms with Crippen LogP contribution in [0.5, 0.6) is 5.75 Å². The van der Waals surface area contributed by atoms with E-state index in [2.05, 4.69) is 22.0 Å². The molecule has 2 aromatic carbocycles. The number of ether oxygens (including phenoxy) is 1. The average Bonchev–Trinajstić information content (AvgIpc) is 3.05. The van der Waals surface area contributed by atoms with Gasteiger partial charge in [0.25, 0.3) is 0 Å². The molecule has 1 atom stereocenters. The summed E-state index contributed by atoms with van der Waals surface area (Å²) in [6, 6.07) is 18.1. The maximum absolute atomic E-state index is 12.5. The Balaban J connectivity index is 1.81. The molecule has 1 unspecified atom stereocenters. The molecule has 2 heterocycles. The molecule has 1 aliphatic rings. The Morgan fingerprint density at radius 2 is 1.89 bits per heavy atom. The number of thioether (sulfide) groups is 1. The summed E-state index contributed by atoms with van der Waals surface area (Å²) in [6.07, 6.45) is 4.80. The van der Waals surface area contributed by atoms with Gasteiger partial charge in [-0.05, 0) is 25.0 Å². The van der Waals surface area contributed by atoms with Crippen molar-refractivity contribution in [3.8, 4) is 22.7 Å². The normalized spacial score (nSPS) is 17.0. The van der Waals surface area contributed by atoms with Gasteiger partial charge in [0.2, 0.25) is 5.91 Å². The molecule has 0 saturated carbocycles. The lowest BCUT2D eigenvalue weighted by Gasteiger charge is -2.17. The first-order valence-corrected chi connectivity index (χ1v) is 10.4. The first kappa shape index (κ1) is 18.6. The van der Waals surface area contributed by atoms with Crippen LogP contribution in [0.1, 0.15) is 19.3 Å². The van der Waals surface area contributed by atoms with Crippen LogP contribution < -0.4 is 10.1 Å². The van der Waals surface area contributed by atoms with E-state index in [1.807, 2.05) is 48.7 Å². The van der Waals surface area contributed by atoms with Crippen molar-refractivity contribution in [1.29, 1.82) is 0 Å². The Morgan fingerprint density at radius 1 is 1.11 bits per heavy atom. The van der Waals surface area contributed by atoms with E-state index in [1.165, 1.54) is 11.8 Å². The molecule has 144 valence electrons. The number of aromatic nitrogens is 2. The Hall–Kier alpha value is -2.73. The van der Waals surface area contributed by atoms with Gasteiger partial charge in [-0.3, -0.25) is 9.36 Å². The summed E-state index contributed by atoms with van der Waals surface area (Å²) in [5.41, 5.74) is 2.96. The number of para-hydroxylation sites is 2. The number of nitrogens with zero attached hydrogens (tertiary/aromatic N) is 2. The number of nitrogens with one attached hydrogen (secondary N) is 1. The zero-order valence-corrected chi connectivity index (χ0v) is 16.6. The number of carbonyl (C=O) groups excluding carboxylic acids is 1. The zero-order valence-electron chi connectivity index (χ0n) is 15.8. The molecule has 1 saturated heterocycles. The summed E-state index contributed by atoms with van der Waals surface area (Å²) in [7, 11) is 1.67. The first-order chi connectivity index (χ1) is 13.8. The second-order valence-corrected chi connectivity index (χ2v) is 7.86. The van der Waals surface area contributed by atoms with Crippen LogP contribution in [0, 0.1) is 0 Å². The summed E-state index contributed by atoms with van der Waals surface area (Å²) in [4.78, 5) is 17.2. The fourth-order valence-corrected chi connectivity index (χ4v) is 4.57. The number of hydrogen-bond donors (Lipinski definition) is 1. The van der Waals surface area contributed by atoms with Crippen LogP contribution in [0.25, 0.3) is 16.9 Å². The quantitative estimate of drug-likeness (QED) is 0.702. The number of imidazole rings is 1. The van der Waals surface area contributed by atoms with Gasteiger partial charge in [-0.2, -0.15) is 0 Å². The van der Waals surface area contributed by atoms with Gasteiger partial charge in [0.15, 0.2) is 5.16 Å². The van der Waals surface area contributed by atoms with Crippen molar-refractivity contribution in [2.75, 3.05) is 13.7 Å². The maximum atomic E-state index is 12.5. The standard InChI is InChI=1S/C22H23N3O2S/c1-27-19-12-6-5-11-17(19)25-18(16-9-3-2-4-10-16)15-24-22(25)28-20-13-7-8-14-23-21(20)26/h2-6,9-12,15,20H,7-8,13-14H2,1H3,(H,23,26). The van der Waals surface area contributed by atoms with Crippen LogP contribution in [-0.4, -0.2) is 34.4 Å². The highest BCUT2D eigenvalue weighted by atomic mass is 32.2. The SMILES string of the molecule is COc1ccccc1-n1c(-c2ccccc2)cnc1SC1CCCCNC1=O. The second-order valence-electron chi connectivity index (χ2n) is 6.69. The van der Waals surface area contributed by atoms with E-state index in [0.29, 0.717) is 0 Å². The predicted molar refractivity (Wildman–Crippen MR) is 112 cm³/mol. The van der Waals surface area contributed by atoms with E-state index < -0.39 is 0 Å². The minimum atomic E-state index is -0.137. The van der Waals surface area contributed by atoms with Crippen molar-refractivity contribution in [2.24, 2.45) is 0 Å². The van der Waals surface area contributed by atoms with Gasteiger partial charge in [0.05, 0.1) is 29.9 Å². The van der Waals surface area contributed by atoms with E-state index in [-0.39, 0.29) is 11.2 Å². The predicted octanol–water partition coefficient (Wildman–Crippen LogP) is 4.31. The van der Waals surface area contributed by atoms with Gasteiger partial charge < -0.3 is 10.1 Å². The highest BCUT2D eigenvalue weighted by molar-refractivity contribution is 8.00. The molecule has 0 radical (unpaired) electrons. The molecule has 0 bridgehead atoms. The molecule has 28 heavy (non-hydrogen) atoms. The Kier molecular flexibility index (Phi) is 5.67. The molecule has 4 rings (SSSR count).